The molecule has 3 N–H and O–H groups in total. The van der Waals surface area contributed by atoms with Crippen LogP contribution in [-0.4, -0.2) is 25.7 Å². The van der Waals surface area contributed by atoms with Gasteiger partial charge in [-0.15, -0.1) is 0 Å². The maximum atomic E-state index is 10.8. The molecule has 1 aromatic carbocycles. The van der Waals surface area contributed by atoms with Gasteiger partial charge in [0.1, 0.15) is 0 Å². The monoisotopic (exact) mass is 294 g/mol. The minimum atomic E-state index is -0.372. The summed E-state index contributed by atoms with van der Waals surface area (Å²) in [4.78, 5) is 10.8. The first-order valence-electron chi connectivity index (χ1n) is 7.41. The molecular weight excluding hydrogens is 268 g/mol. The van der Waals surface area contributed by atoms with Crippen LogP contribution in [0.25, 0.3) is 0 Å². The summed E-state index contributed by atoms with van der Waals surface area (Å²) in [6.07, 6.45) is 0.194. The van der Waals surface area contributed by atoms with Crippen LogP contribution in [0.4, 0.5) is 0 Å². The van der Waals surface area contributed by atoms with Crippen molar-refractivity contribution in [2.45, 2.75) is 33.7 Å². The van der Waals surface area contributed by atoms with E-state index >= 15 is 0 Å². The SMILES string of the molecule is CCOc1cccc(CNCC(C)C)c1OCCC(N)=O. The van der Waals surface area contributed by atoms with E-state index in [0.717, 1.165) is 12.1 Å². The number of nitrogens with two attached hydrogens (primary N) is 1. The summed E-state index contributed by atoms with van der Waals surface area (Å²) in [6.45, 7) is 8.70. The highest BCUT2D eigenvalue weighted by atomic mass is 16.5. The first kappa shape index (κ1) is 17.3. The molecule has 1 amide bonds. The largest absolute Gasteiger partial charge is 0.490 e. The molecule has 0 aromatic heterocycles. The zero-order valence-corrected chi connectivity index (χ0v) is 13.1. The number of carbonyl (C=O) groups excluding carboxylic acids is 1. The Morgan fingerprint density at radius 1 is 1.33 bits per heavy atom. The molecule has 118 valence electrons. The molecule has 0 saturated carbocycles. The number of benzene rings is 1. The topological polar surface area (TPSA) is 73.6 Å². The van der Waals surface area contributed by atoms with Gasteiger partial charge in [-0.05, 0) is 25.5 Å². The number of ether oxygens (including phenoxy) is 2. The maximum absolute atomic E-state index is 10.8. The Balaban J connectivity index is 2.78. The molecule has 21 heavy (non-hydrogen) atoms. The van der Waals surface area contributed by atoms with Crippen molar-refractivity contribution in [3.8, 4) is 11.5 Å². The van der Waals surface area contributed by atoms with Crippen LogP contribution in [0.15, 0.2) is 18.2 Å². The molecule has 0 spiro atoms. The second-order valence-corrected chi connectivity index (χ2v) is 5.27. The van der Waals surface area contributed by atoms with Gasteiger partial charge in [0.25, 0.3) is 0 Å². The molecule has 0 heterocycles. The maximum Gasteiger partial charge on any atom is 0.220 e. The summed E-state index contributed by atoms with van der Waals surface area (Å²) in [5, 5.41) is 3.38. The lowest BCUT2D eigenvalue weighted by molar-refractivity contribution is -0.118. The van der Waals surface area contributed by atoms with Crippen molar-refractivity contribution in [1.29, 1.82) is 0 Å². The predicted molar refractivity (Wildman–Crippen MR) is 83.5 cm³/mol. The van der Waals surface area contributed by atoms with Gasteiger partial charge >= 0.3 is 0 Å². The molecule has 0 radical (unpaired) electrons. The number of hydrogen-bond donors (Lipinski definition) is 2. The van der Waals surface area contributed by atoms with E-state index in [1.54, 1.807) is 0 Å². The first-order valence-corrected chi connectivity index (χ1v) is 7.41. The summed E-state index contributed by atoms with van der Waals surface area (Å²) in [5.74, 6) is 1.60. The zero-order chi connectivity index (χ0) is 15.7. The third-order valence-electron chi connectivity index (χ3n) is 2.82. The predicted octanol–water partition coefficient (Wildman–Crippen LogP) is 2.09. The van der Waals surface area contributed by atoms with Gasteiger partial charge in [0.15, 0.2) is 11.5 Å². The number of carbonyl (C=O) groups is 1. The van der Waals surface area contributed by atoms with Crippen molar-refractivity contribution in [2.24, 2.45) is 11.7 Å². The normalized spacial score (nSPS) is 10.7. The highest BCUT2D eigenvalue weighted by molar-refractivity contribution is 5.73. The van der Waals surface area contributed by atoms with Crippen LogP contribution in [0.3, 0.4) is 0 Å². The van der Waals surface area contributed by atoms with E-state index in [-0.39, 0.29) is 18.9 Å². The Labute approximate surface area is 126 Å². The van der Waals surface area contributed by atoms with Crippen LogP contribution in [0.5, 0.6) is 11.5 Å². The molecule has 5 nitrogen and oxygen atoms in total. The quantitative estimate of drug-likeness (QED) is 0.693. The van der Waals surface area contributed by atoms with Gasteiger partial charge < -0.3 is 20.5 Å². The van der Waals surface area contributed by atoms with Crippen LogP contribution < -0.4 is 20.5 Å². The first-order chi connectivity index (χ1) is 10.0. The van der Waals surface area contributed by atoms with Gasteiger partial charge in [-0.3, -0.25) is 4.79 Å². The molecular formula is C16H26N2O3. The summed E-state index contributed by atoms with van der Waals surface area (Å²) in [6, 6.07) is 5.81. The van der Waals surface area contributed by atoms with E-state index < -0.39 is 0 Å². The van der Waals surface area contributed by atoms with Crippen molar-refractivity contribution < 1.29 is 14.3 Å². The third kappa shape index (κ3) is 6.49. The van der Waals surface area contributed by atoms with Crippen LogP contribution in [-0.2, 0) is 11.3 Å². The Morgan fingerprint density at radius 3 is 2.71 bits per heavy atom. The highest BCUT2D eigenvalue weighted by Gasteiger charge is 2.11. The third-order valence-corrected chi connectivity index (χ3v) is 2.82. The Hall–Kier alpha value is -1.75. The molecule has 0 saturated heterocycles. The molecule has 1 rings (SSSR count). The lowest BCUT2D eigenvalue weighted by Crippen LogP contribution is -2.20. The lowest BCUT2D eigenvalue weighted by atomic mass is 10.1. The van der Waals surface area contributed by atoms with Crippen LogP contribution >= 0.6 is 0 Å². The molecule has 0 aliphatic rings. The van der Waals surface area contributed by atoms with Gasteiger partial charge in [-0.1, -0.05) is 26.0 Å². The van der Waals surface area contributed by atoms with E-state index in [4.69, 9.17) is 15.2 Å². The number of hydrogen-bond acceptors (Lipinski definition) is 4. The number of para-hydroxylation sites is 1. The molecule has 0 aliphatic carbocycles. The van der Waals surface area contributed by atoms with Crippen molar-refractivity contribution in [1.82, 2.24) is 5.32 Å². The van der Waals surface area contributed by atoms with Crippen LogP contribution in [0.1, 0.15) is 32.8 Å². The zero-order valence-electron chi connectivity index (χ0n) is 13.1. The van der Waals surface area contributed by atoms with E-state index in [1.165, 1.54) is 0 Å². The Bertz CT molecular complexity index is 447. The molecule has 0 bridgehead atoms. The number of rotatable bonds is 10. The average molecular weight is 294 g/mol. The van der Waals surface area contributed by atoms with Crippen molar-refractivity contribution in [3.63, 3.8) is 0 Å². The average Bonchev–Trinajstić information content (AvgIpc) is 2.41. The molecule has 1 aromatic rings. The fourth-order valence-electron chi connectivity index (χ4n) is 1.88. The van der Waals surface area contributed by atoms with Crippen molar-refractivity contribution >= 4 is 5.91 Å². The molecule has 0 atom stereocenters. The van der Waals surface area contributed by atoms with Gasteiger partial charge in [-0.25, -0.2) is 0 Å². The fourth-order valence-corrected chi connectivity index (χ4v) is 1.88. The molecule has 0 unspecified atom stereocenters. The van der Waals surface area contributed by atoms with Gasteiger partial charge in [0.05, 0.1) is 19.6 Å². The summed E-state index contributed by atoms with van der Waals surface area (Å²) >= 11 is 0. The van der Waals surface area contributed by atoms with Crippen molar-refractivity contribution in [3.05, 3.63) is 23.8 Å². The van der Waals surface area contributed by atoms with E-state index in [1.807, 2.05) is 25.1 Å². The Kier molecular flexibility index (Phi) is 7.61. The minimum Gasteiger partial charge on any atom is -0.490 e. The van der Waals surface area contributed by atoms with E-state index in [9.17, 15) is 4.79 Å². The van der Waals surface area contributed by atoms with Gasteiger partial charge in [0, 0.05) is 12.1 Å². The summed E-state index contributed by atoms with van der Waals surface area (Å²) in [5.41, 5.74) is 6.16. The van der Waals surface area contributed by atoms with E-state index in [2.05, 4.69) is 19.2 Å². The smallest absolute Gasteiger partial charge is 0.220 e. The van der Waals surface area contributed by atoms with Crippen LogP contribution in [0.2, 0.25) is 0 Å². The summed E-state index contributed by atoms with van der Waals surface area (Å²) < 4.78 is 11.3. The standard InChI is InChI=1S/C16H26N2O3/c1-4-20-14-7-5-6-13(11-18-10-12(2)3)16(14)21-9-8-15(17)19/h5-7,12,18H,4,8-11H2,1-3H3,(H2,17,19). The Morgan fingerprint density at radius 2 is 2.10 bits per heavy atom. The van der Waals surface area contributed by atoms with E-state index in [0.29, 0.717) is 30.6 Å². The second kappa shape index (κ2) is 9.23. The van der Waals surface area contributed by atoms with Crippen LogP contribution in [0, 0.1) is 5.92 Å². The van der Waals surface area contributed by atoms with Gasteiger partial charge in [0.2, 0.25) is 5.91 Å². The molecule has 5 heteroatoms. The van der Waals surface area contributed by atoms with Crippen molar-refractivity contribution in [2.75, 3.05) is 19.8 Å². The highest BCUT2D eigenvalue weighted by Crippen LogP contribution is 2.31. The number of nitrogens with one attached hydrogen (secondary N) is 1. The number of amides is 1. The molecule has 0 fully saturated rings. The summed E-state index contributed by atoms with van der Waals surface area (Å²) in [7, 11) is 0. The molecule has 0 aliphatic heterocycles. The lowest BCUT2D eigenvalue weighted by Gasteiger charge is -2.16. The second-order valence-electron chi connectivity index (χ2n) is 5.27. The fraction of sp³-hybridized carbons (Fsp3) is 0.562. The number of primary amides is 1. The van der Waals surface area contributed by atoms with Gasteiger partial charge in [-0.2, -0.15) is 0 Å². The minimum absolute atomic E-state index is 0.194.